The van der Waals surface area contributed by atoms with Crippen molar-refractivity contribution in [3.05, 3.63) is 34.2 Å². The monoisotopic (exact) mass is 307 g/mol. The average Bonchev–Trinajstić information content (AvgIpc) is 2.26. The molecule has 0 radical (unpaired) electrons. The first-order valence-corrected chi connectivity index (χ1v) is 4.63. The van der Waals surface area contributed by atoms with E-state index in [1.807, 2.05) is 4.98 Å². The summed E-state index contributed by atoms with van der Waals surface area (Å²) in [6.45, 7) is 0. The maximum Gasteiger partial charge on any atom is 0.476 e. The highest BCUT2D eigenvalue weighted by atomic mass is 19.4. The van der Waals surface area contributed by atoms with E-state index in [9.17, 15) is 40.3 Å². The fraction of sp³-hybridized carbons (Fsp3) is 0.333. The van der Waals surface area contributed by atoms with E-state index in [0.717, 1.165) is 12.3 Å². The molecule has 0 aliphatic rings. The highest BCUT2D eigenvalue weighted by Gasteiger charge is 2.76. The standard InChI is InChI=1S/C9H4F7NO3/c10-7(11,8(12,13)14)9(15,16)20-6(19)4-2-1-3-17-5(4)18/h1-3H,(H,17,18). The Hall–Kier alpha value is -2.07. The fourth-order valence-electron chi connectivity index (χ4n) is 0.983. The van der Waals surface area contributed by atoms with E-state index in [-0.39, 0.29) is 0 Å². The van der Waals surface area contributed by atoms with E-state index in [0.29, 0.717) is 6.07 Å². The molecule has 1 aromatic heterocycles. The molecule has 11 heteroatoms. The Balaban J connectivity index is 3.06. The number of alkyl halides is 7. The van der Waals surface area contributed by atoms with Gasteiger partial charge in [0.05, 0.1) is 0 Å². The van der Waals surface area contributed by atoms with Gasteiger partial charge in [-0.25, -0.2) is 4.79 Å². The van der Waals surface area contributed by atoms with Crippen LogP contribution in [0.2, 0.25) is 0 Å². The molecule has 0 aromatic carbocycles. The Bertz CT molecular complexity index is 563. The SMILES string of the molecule is O=C(OC(F)(F)C(F)(F)C(F)(F)F)c1ccc[nH]c1=O. The lowest BCUT2D eigenvalue weighted by Crippen LogP contribution is -2.54. The largest absolute Gasteiger partial charge is 0.476 e. The Kier molecular flexibility index (Phi) is 3.83. The number of carbonyl (C=O) groups excluding carboxylic acids is 1. The molecule has 1 N–H and O–H groups in total. The molecule has 20 heavy (non-hydrogen) atoms. The van der Waals surface area contributed by atoms with Gasteiger partial charge in [0, 0.05) is 6.20 Å². The number of nitrogens with one attached hydrogen (secondary N) is 1. The number of ether oxygens (including phenoxy) is 1. The molecule has 0 saturated heterocycles. The number of pyridine rings is 1. The number of esters is 1. The van der Waals surface area contributed by atoms with Crippen LogP contribution in [0.25, 0.3) is 0 Å². The Labute approximate surface area is 105 Å². The summed E-state index contributed by atoms with van der Waals surface area (Å²) in [4.78, 5) is 23.8. The third kappa shape index (κ3) is 2.75. The second-order valence-corrected chi connectivity index (χ2v) is 3.39. The predicted octanol–water partition coefficient (Wildman–Crippen LogP) is 2.32. The number of rotatable bonds is 3. The van der Waals surface area contributed by atoms with E-state index < -0.39 is 35.3 Å². The van der Waals surface area contributed by atoms with Crippen LogP contribution in [-0.2, 0) is 4.74 Å². The van der Waals surface area contributed by atoms with Crippen molar-refractivity contribution in [1.82, 2.24) is 4.98 Å². The molecule has 0 unspecified atom stereocenters. The van der Waals surface area contributed by atoms with Gasteiger partial charge in [0.2, 0.25) is 0 Å². The molecule has 0 spiro atoms. The van der Waals surface area contributed by atoms with Crippen LogP contribution < -0.4 is 5.56 Å². The number of aromatic nitrogens is 1. The summed E-state index contributed by atoms with van der Waals surface area (Å²) in [7, 11) is 0. The lowest BCUT2D eigenvalue weighted by molar-refractivity contribution is -0.409. The van der Waals surface area contributed by atoms with Crippen molar-refractivity contribution in [3.8, 4) is 0 Å². The van der Waals surface area contributed by atoms with Crippen LogP contribution in [0.4, 0.5) is 30.7 Å². The molecule has 1 aromatic rings. The van der Waals surface area contributed by atoms with Gasteiger partial charge in [-0.2, -0.15) is 30.7 Å². The van der Waals surface area contributed by atoms with E-state index in [1.165, 1.54) is 0 Å². The molecular weight excluding hydrogens is 303 g/mol. The minimum atomic E-state index is -6.64. The van der Waals surface area contributed by atoms with Gasteiger partial charge < -0.3 is 9.72 Å². The third-order valence-corrected chi connectivity index (χ3v) is 1.98. The Morgan fingerprint density at radius 2 is 1.65 bits per heavy atom. The van der Waals surface area contributed by atoms with Crippen LogP contribution in [0.5, 0.6) is 0 Å². The van der Waals surface area contributed by atoms with Crippen LogP contribution in [0.15, 0.2) is 23.1 Å². The first kappa shape index (κ1) is 16.0. The molecule has 112 valence electrons. The lowest BCUT2D eigenvalue weighted by Gasteiger charge is -2.26. The number of carbonyl (C=O) groups is 1. The van der Waals surface area contributed by atoms with Crippen LogP contribution in [0.3, 0.4) is 0 Å². The third-order valence-electron chi connectivity index (χ3n) is 1.98. The fourth-order valence-corrected chi connectivity index (χ4v) is 0.983. The number of hydrogen-bond donors (Lipinski definition) is 1. The zero-order chi connectivity index (χ0) is 15.8. The zero-order valence-electron chi connectivity index (χ0n) is 9.10. The summed E-state index contributed by atoms with van der Waals surface area (Å²) in [5, 5.41) is 0. The molecule has 0 aliphatic carbocycles. The second kappa shape index (κ2) is 4.80. The zero-order valence-corrected chi connectivity index (χ0v) is 9.10. The van der Waals surface area contributed by atoms with Gasteiger partial charge in [-0.1, -0.05) is 0 Å². The smallest absolute Gasteiger partial charge is 0.392 e. The quantitative estimate of drug-likeness (QED) is 0.689. The Morgan fingerprint density at radius 3 is 2.10 bits per heavy atom. The average molecular weight is 307 g/mol. The van der Waals surface area contributed by atoms with Gasteiger partial charge in [0.15, 0.2) is 0 Å². The van der Waals surface area contributed by atoms with Gasteiger partial charge in [-0.15, -0.1) is 0 Å². The van der Waals surface area contributed by atoms with Crippen molar-refractivity contribution < 1.29 is 40.3 Å². The molecule has 0 atom stereocenters. The van der Waals surface area contributed by atoms with Crippen molar-refractivity contribution in [2.24, 2.45) is 0 Å². The van der Waals surface area contributed by atoms with Gasteiger partial charge in [0.1, 0.15) is 5.56 Å². The normalized spacial score (nSPS) is 13.2. The predicted molar refractivity (Wildman–Crippen MR) is 48.4 cm³/mol. The second-order valence-electron chi connectivity index (χ2n) is 3.39. The summed E-state index contributed by atoms with van der Waals surface area (Å²) < 4.78 is 88.5. The number of H-pyrrole nitrogens is 1. The van der Waals surface area contributed by atoms with E-state index in [4.69, 9.17) is 0 Å². The molecule has 0 saturated carbocycles. The molecule has 0 amide bonds. The van der Waals surface area contributed by atoms with Crippen molar-refractivity contribution in [2.75, 3.05) is 0 Å². The topological polar surface area (TPSA) is 59.2 Å². The first-order valence-electron chi connectivity index (χ1n) is 4.63. The molecule has 1 rings (SSSR count). The summed E-state index contributed by atoms with van der Waals surface area (Å²) >= 11 is 0. The first-order chi connectivity index (χ1) is 8.90. The summed E-state index contributed by atoms with van der Waals surface area (Å²) in [6, 6.07) is 1.57. The summed E-state index contributed by atoms with van der Waals surface area (Å²) in [6.07, 6.45) is -11.8. The van der Waals surface area contributed by atoms with E-state index in [1.54, 1.807) is 0 Å². The minimum Gasteiger partial charge on any atom is -0.392 e. The lowest BCUT2D eigenvalue weighted by atomic mass is 10.2. The molecule has 0 fully saturated rings. The van der Waals surface area contributed by atoms with Gasteiger partial charge in [0.25, 0.3) is 5.56 Å². The Morgan fingerprint density at radius 1 is 1.10 bits per heavy atom. The van der Waals surface area contributed by atoms with Gasteiger partial charge in [-0.05, 0) is 12.1 Å². The van der Waals surface area contributed by atoms with E-state index >= 15 is 0 Å². The number of hydrogen-bond acceptors (Lipinski definition) is 3. The van der Waals surface area contributed by atoms with Crippen molar-refractivity contribution in [2.45, 2.75) is 18.2 Å². The summed E-state index contributed by atoms with van der Waals surface area (Å²) in [5.41, 5.74) is -2.44. The molecular formula is C9H4F7NO3. The van der Waals surface area contributed by atoms with Crippen LogP contribution in [0, 0.1) is 0 Å². The summed E-state index contributed by atoms with van der Waals surface area (Å²) in [5.74, 6) is -8.92. The molecule has 1 heterocycles. The van der Waals surface area contributed by atoms with Crippen LogP contribution >= 0.6 is 0 Å². The highest BCUT2D eigenvalue weighted by molar-refractivity contribution is 5.89. The number of aromatic amines is 1. The maximum atomic E-state index is 12.7. The van der Waals surface area contributed by atoms with Gasteiger partial charge >= 0.3 is 24.2 Å². The molecule has 4 nitrogen and oxygen atoms in total. The van der Waals surface area contributed by atoms with Crippen LogP contribution in [-0.4, -0.2) is 29.2 Å². The number of halogens is 7. The van der Waals surface area contributed by atoms with Crippen molar-refractivity contribution in [3.63, 3.8) is 0 Å². The van der Waals surface area contributed by atoms with Crippen molar-refractivity contribution >= 4 is 5.97 Å². The van der Waals surface area contributed by atoms with Crippen LogP contribution in [0.1, 0.15) is 10.4 Å². The molecule has 0 bridgehead atoms. The maximum absolute atomic E-state index is 12.7. The van der Waals surface area contributed by atoms with E-state index in [2.05, 4.69) is 4.74 Å². The molecule has 0 aliphatic heterocycles. The van der Waals surface area contributed by atoms with Gasteiger partial charge in [-0.3, -0.25) is 4.79 Å². The minimum absolute atomic E-state index is 0.614. The highest BCUT2D eigenvalue weighted by Crippen LogP contribution is 2.47. The van der Waals surface area contributed by atoms with Crippen molar-refractivity contribution in [1.29, 1.82) is 0 Å².